The quantitative estimate of drug-likeness (QED) is 0.895. The zero-order valence-corrected chi connectivity index (χ0v) is 9.78. The molecule has 0 saturated heterocycles. The zero-order chi connectivity index (χ0) is 13.1. The van der Waals surface area contributed by atoms with E-state index in [1.165, 1.54) is 24.3 Å². The molecular formula is C12H8ClFN2O2. The molecule has 92 valence electrons. The molecule has 4 nitrogen and oxygen atoms in total. The van der Waals surface area contributed by atoms with Crippen molar-refractivity contribution in [1.82, 2.24) is 4.98 Å². The number of nitrogens with one attached hydrogen (secondary N) is 1. The fraction of sp³-hybridized carbons (Fsp3) is 0. The average Bonchev–Trinajstić information content (AvgIpc) is 2.27. The van der Waals surface area contributed by atoms with Crippen LogP contribution in [0, 0.1) is 5.82 Å². The van der Waals surface area contributed by atoms with Crippen molar-refractivity contribution in [2.24, 2.45) is 0 Å². The second-order valence-electron chi connectivity index (χ2n) is 3.50. The Hall–Kier alpha value is -2.14. The molecule has 0 fully saturated rings. The number of pyridine rings is 1. The van der Waals surface area contributed by atoms with Crippen molar-refractivity contribution in [3.63, 3.8) is 0 Å². The molecular weight excluding hydrogens is 259 g/mol. The SMILES string of the molecule is O=C(O)c1cccc(Nc2cc(F)cc(Cl)c2)n1. The summed E-state index contributed by atoms with van der Waals surface area (Å²) in [5.41, 5.74) is 0.303. The Morgan fingerprint density at radius 3 is 2.78 bits per heavy atom. The summed E-state index contributed by atoms with van der Waals surface area (Å²) in [6, 6.07) is 8.41. The van der Waals surface area contributed by atoms with Crippen molar-refractivity contribution in [3.8, 4) is 0 Å². The lowest BCUT2D eigenvalue weighted by Crippen LogP contribution is -2.02. The van der Waals surface area contributed by atoms with E-state index < -0.39 is 11.8 Å². The Bertz CT molecular complexity index is 584. The minimum Gasteiger partial charge on any atom is -0.477 e. The van der Waals surface area contributed by atoms with Crippen LogP contribution in [0.4, 0.5) is 15.9 Å². The smallest absolute Gasteiger partial charge is 0.354 e. The number of hydrogen-bond acceptors (Lipinski definition) is 3. The average molecular weight is 267 g/mol. The summed E-state index contributed by atoms with van der Waals surface area (Å²) >= 11 is 5.70. The third-order valence-corrected chi connectivity index (χ3v) is 2.32. The molecule has 0 atom stereocenters. The lowest BCUT2D eigenvalue weighted by atomic mass is 10.3. The van der Waals surface area contributed by atoms with Crippen LogP contribution in [0.15, 0.2) is 36.4 Å². The van der Waals surface area contributed by atoms with Gasteiger partial charge in [0.2, 0.25) is 0 Å². The maximum atomic E-state index is 13.1. The van der Waals surface area contributed by atoms with Crippen molar-refractivity contribution in [2.45, 2.75) is 0 Å². The molecule has 0 aliphatic carbocycles. The molecule has 1 aromatic heterocycles. The number of aromatic carboxylic acids is 1. The fourth-order valence-corrected chi connectivity index (χ4v) is 1.62. The van der Waals surface area contributed by atoms with Gasteiger partial charge < -0.3 is 10.4 Å². The molecule has 0 aliphatic heterocycles. The van der Waals surface area contributed by atoms with Gasteiger partial charge in [-0.3, -0.25) is 0 Å². The van der Waals surface area contributed by atoms with E-state index in [1.807, 2.05) is 0 Å². The molecule has 2 N–H and O–H groups in total. The molecule has 0 aliphatic rings. The van der Waals surface area contributed by atoms with Crippen LogP contribution >= 0.6 is 11.6 Å². The first-order valence-electron chi connectivity index (χ1n) is 4.98. The lowest BCUT2D eigenvalue weighted by molar-refractivity contribution is 0.0690. The number of anilines is 2. The Labute approximate surface area is 107 Å². The van der Waals surface area contributed by atoms with Crippen LogP contribution in [0.1, 0.15) is 10.5 Å². The highest BCUT2D eigenvalue weighted by Gasteiger charge is 2.06. The molecule has 2 rings (SSSR count). The molecule has 0 amide bonds. The molecule has 0 saturated carbocycles. The van der Waals surface area contributed by atoms with E-state index >= 15 is 0 Å². The van der Waals surface area contributed by atoms with Crippen molar-refractivity contribution in [3.05, 3.63) is 52.9 Å². The largest absolute Gasteiger partial charge is 0.477 e. The maximum Gasteiger partial charge on any atom is 0.354 e. The number of hydrogen-bond donors (Lipinski definition) is 2. The van der Waals surface area contributed by atoms with Crippen LogP contribution in [0.3, 0.4) is 0 Å². The maximum absolute atomic E-state index is 13.1. The van der Waals surface area contributed by atoms with E-state index in [-0.39, 0.29) is 10.7 Å². The molecule has 0 spiro atoms. The van der Waals surface area contributed by atoms with Crippen molar-refractivity contribution >= 4 is 29.1 Å². The van der Waals surface area contributed by atoms with Crippen LogP contribution in [-0.4, -0.2) is 16.1 Å². The minimum absolute atomic E-state index is 0.0949. The van der Waals surface area contributed by atoms with Crippen LogP contribution in [0.25, 0.3) is 0 Å². The molecule has 6 heteroatoms. The number of carboxylic acids is 1. The minimum atomic E-state index is -1.13. The molecule has 18 heavy (non-hydrogen) atoms. The molecule has 1 aromatic carbocycles. The van der Waals surface area contributed by atoms with Gasteiger partial charge in [0.25, 0.3) is 0 Å². The first-order valence-corrected chi connectivity index (χ1v) is 5.36. The molecule has 2 aromatic rings. The summed E-state index contributed by atoms with van der Waals surface area (Å²) in [7, 11) is 0. The van der Waals surface area contributed by atoms with Gasteiger partial charge in [-0.15, -0.1) is 0 Å². The third-order valence-electron chi connectivity index (χ3n) is 2.10. The van der Waals surface area contributed by atoms with E-state index in [4.69, 9.17) is 16.7 Å². The van der Waals surface area contributed by atoms with Gasteiger partial charge in [-0.1, -0.05) is 17.7 Å². The van der Waals surface area contributed by atoms with E-state index in [0.717, 1.165) is 0 Å². The zero-order valence-electron chi connectivity index (χ0n) is 9.02. The Morgan fingerprint density at radius 2 is 2.11 bits per heavy atom. The number of benzene rings is 1. The van der Waals surface area contributed by atoms with Crippen molar-refractivity contribution in [1.29, 1.82) is 0 Å². The van der Waals surface area contributed by atoms with E-state index in [2.05, 4.69) is 10.3 Å². The van der Waals surface area contributed by atoms with Gasteiger partial charge in [-0.25, -0.2) is 14.2 Å². The topological polar surface area (TPSA) is 62.2 Å². The first kappa shape index (κ1) is 12.3. The van der Waals surface area contributed by atoms with Gasteiger partial charge in [0.15, 0.2) is 5.69 Å². The van der Waals surface area contributed by atoms with Gasteiger partial charge in [0.05, 0.1) is 0 Å². The standard InChI is InChI=1S/C12H8ClFN2O2/c13-7-4-8(14)6-9(5-7)15-11-3-1-2-10(16-11)12(17)18/h1-6H,(H,15,16)(H,17,18). The highest BCUT2D eigenvalue weighted by atomic mass is 35.5. The summed E-state index contributed by atoms with van der Waals surface area (Å²) < 4.78 is 13.1. The second kappa shape index (κ2) is 5.01. The molecule has 1 heterocycles. The van der Waals surface area contributed by atoms with Gasteiger partial charge >= 0.3 is 5.97 Å². The fourth-order valence-electron chi connectivity index (χ4n) is 1.40. The van der Waals surface area contributed by atoms with Crippen molar-refractivity contribution < 1.29 is 14.3 Å². The Kier molecular flexibility index (Phi) is 3.43. The van der Waals surface area contributed by atoms with Crippen LogP contribution in [0.2, 0.25) is 5.02 Å². The summed E-state index contributed by atoms with van der Waals surface area (Å²) in [6.07, 6.45) is 0. The molecule has 0 unspecified atom stereocenters. The van der Waals surface area contributed by atoms with Crippen molar-refractivity contribution in [2.75, 3.05) is 5.32 Å². The summed E-state index contributed by atoms with van der Waals surface area (Å²) in [6.45, 7) is 0. The number of carbonyl (C=O) groups is 1. The highest BCUT2D eigenvalue weighted by molar-refractivity contribution is 6.30. The second-order valence-corrected chi connectivity index (χ2v) is 3.93. The summed E-state index contributed by atoms with van der Waals surface area (Å²) in [5.74, 6) is -1.31. The van der Waals surface area contributed by atoms with Gasteiger partial charge in [-0.2, -0.15) is 0 Å². The number of rotatable bonds is 3. The van der Waals surface area contributed by atoms with E-state index in [9.17, 15) is 9.18 Å². The van der Waals surface area contributed by atoms with Gasteiger partial charge in [-0.05, 0) is 30.3 Å². The van der Waals surface area contributed by atoms with E-state index in [0.29, 0.717) is 11.5 Å². The predicted molar refractivity (Wildman–Crippen MR) is 65.9 cm³/mol. The van der Waals surface area contributed by atoms with Gasteiger partial charge in [0.1, 0.15) is 11.6 Å². The monoisotopic (exact) mass is 266 g/mol. The Morgan fingerprint density at radius 1 is 1.33 bits per heavy atom. The molecule has 0 bridgehead atoms. The third kappa shape index (κ3) is 2.95. The number of nitrogens with zero attached hydrogens (tertiary/aromatic N) is 1. The van der Waals surface area contributed by atoms with Crippen LogP contribution in [-0.2, 0) is 0 Å². The number of aromatic nitrogens is 1. The predicted octanol–water partition coefficient (Wildman–Crippen LogP) is 3.32. The van der Waals surface area contributed by atoms with Crippen LogP contribution in [0.5, 0.6) is 0 Å². The number of carboxylic acid groups (broad SMARTS) is 1. The number of halogens is 2. The Balaban J connectivity index is 2.28. The van der Waals surface area contributed by atoms with E-state index in [1.54, 1.807) is 12.1 Å². The van der Waals surface area contributed by atoms with Gasteiger partial charge in [0, 0.05) is 10.7 Å². The highest BCUT2D eigenvalue weighted by Crippen LogP contribution is 2.21. The summed E-state index contributed by atoms with van der Waals surface area (Å²) in [4.78, 5) is 14.6. The molecule has 0 radical (unpaired) electrons. The summed E-state index contributed by atoms with van der Waals surface area (Å²) in [5, 5.41) is 11.8. The first-order chi connectivity index (χ1) is 8.54. The lowest BCUT2D eigenvalue weighted by Gasteiger charge is -2.06. The van der Waals surface area contributed by atoms with Crippen LogP contribution < -0.4 is 5.32 Å². The normalized spacial score (nSPS) is 10.1.